The van der Waals surface area contributed by atoms with Gasteiger partial charge in [-0.25, -0.2) is 0 Å². The quantitative estimate of drug-likeness (QED) is 0.294. The first-order valence-electron chi connectivity index (χ1n) is 11.2. The highest BCUT2D eigenvalue weighted by molar-refractivity contribution is 6.12. The second kappa shape index (κ2) is 8.41. The molecule has 0 unspecified atom stereocenters. The van der Waals surface area contributed by atoms with Crippen molar-refractivity contribution < 1.29 is 4.79 Å². The average molecular weight is 440 g/mol. The highest BCUT2D eigenvalue weighted by Gasteiger charge is 2.32. The van der Waals surface area contributed by atoms with E-state index in [1.165, 1.54) is 0 Å². The first-order valence-corrected chi connectivity index (χ1v) is 11.2. The Balaban J connectivity index is 1.37. The molecule has 6 rings (SSSR count). The van der Waals surface area contributed by atoms with Gasteiger partial charge >= 0.3 is 0 Å². The summed E-state index contributed by atoms with van der Waals surface area (Å²) in [6, 6.07) is 31.5. The summed E-state index contributed by atoms with van der Waals surface area (Å²) in [5.74, 6) is 0.157. The third-order valence-electron chi connectivity index (χ3n) is 6.18. The van der Waals surface area contributed by atoms with Crippen LogP contribution in [0.15, 0.2) is 116 Å². The fourth-order valence-corrected chi connectivity index (χ4v) is 4.23. The minimum absolute atomic E-state index is 0.157. The third-order valence-corrected chi connectivity index (χ3v) is 6.18. The van der Waals surface area contributed by atoms with Gasteiger partial charge in [0.2, 0.25) is 5.91 Å². The Kier molecular flexibility index (Phi) is 4.96. The molecule has 1 amide bonds. The highest BCUT2D eigenvalue weighted by Crippen LogP contribution is 2.35. The second-order valence-electron chi connectivity index (χ2n) is 8.37. The summed E-state index contributed by atoms with van der Waals surface area (Å²) in [4.78, 5) is 21.9. The van der Waals surface area contributed by atoms with Gasteiger partial charge in [0.05, 0.1) is 0 Å². The SMILES string of the molecule is O=C1CN1c1cc(-c2ccc(-c3ccncc3)cc2)cc(-c2ccc(-c3ccncc3)cc2)c1. The molecule has 0 saturated carbocycles. The van der Waals surface area contributed by atoms with Crippen LogP contribution in [0.2, 0.25) is 0 Å². The van der Waals surface area contributed by atoms with Crippen molar-refractivity contribution in [1.82, 2.24) is 9.97 Å². The topological polar surface area (TPSA) is 45.9 Å². The maximum absolute atomic E-state index is 11.9. The van der Waals surface area contributed by atoms with E-state index in [0.29, 0.717) is 6.54 Å². The fraction of sp³-hybridized carbons (Fsp3) is 0.0333. The van der Waals surface area contributed by atoms with Crippen LogP contribution in [0.4, 0.5) is 5.69 Å². The van der Waals surface area contributed by atoms with Crippen molar-refractivity contribution in [1.29, 1.82) is 0 Å². The smallest absolute Gasteiger partial charge is 0.247 e. The molecule has 4 nitrogen and oxygen atoms in total. The van der Waals surface area contributed by atoms with E-state index in [1.54, 1.807) is 24.8 Å². The van der Waals surface area contributed by atoms with Gasteiger partial charge in [-0.1, -0.05) is 48.5 Å². The van der Waals surface area contributed by atoms with Gasteiger partial charge in [0.25, 0.3) is 0 Å². The summed E-state index contributed by atoms with van der Waals surface area (Å²) in [5, 5.41) is 0. The summed E-state index contributed by atoms with van der Waals surface area (Å²) in [5.41, 5.74) is 9.92. The van der Waals surface area contributed by atoms with Crippen LogP contribution in [0.1, 0.15) is 0 Å². The van der Waals surface area contributed by atoms with E-state index in [9.17, 15) is 4.79 Å². The van der Waals surface area contributed by atoms with Crippen molar-refractivity contribution in [2.24, 2.45) is 0 Å². The van der Waals surface area contributed by atoms with Gasteiger partial charge in [-0.3, -0.25) is 14.8 Å². The number of hydrogen-bond acceptors (Lipinski definition) is 3. The summed E-state index contributed by atoms with van der Waals surface area (Å²) in [6.07, 6.45) is 7.22. The molecule has 0 atom stereocenters. The van der Waals surface area contributed by atoms with E-state index in [1.807, 2.05) is 29.2 Å². The molecule has 1 fully saturated rings. The van der Waals surface area contributed by atoms with Gasteiger partial charge in [0.1, 0.15) is 6.54 Å². The molecule has 5 aromatic rings. The molecule has 0 N–H and O–H groups in total. The van der Waals surface area contributed by atoms with Crippen LogP contribution in [-0.4, -0.2) is 22.4 Å². The molecule has 3 aromatic carbocycles. The number of benzene rings is 3. The van der Waals surface area contributed by atoms with Crippen molar-refractivity contribution in [2.45, 2.75) is 0 Å². The monoisotopic (exact) mass is 439 g/mol. The first kappa shape index (κ1) is 20.1. The van der Waals surface area contributed by atoms with Crippen LogP contribution in [0, 0.1) is 0 Å². The Morgan fingerprint density at radius 3 is 1.15 bits per heavy atom. The lowest BCUT2D eigenvalue weighted by atomic mass is 9.95. The lowest BCUT2D eigenvalue weighted by Gasteiger charge is -2.12. The summed E-state index contributed by atoms with van der Waals surface area (Å²) >= 11 is 0. The lowest BCUT2D eigenvalue weighted by Crippen LogP contribution is -1.95. The van der Waals surface area contributed by atoms with Gasteiger partial charge in [-0.15, -0.1) is 0 Å². The zero-order valence-electron chi connectivity index (χ0n) is 18.4. The van der Waals surface area contributed by atoms with E-state index in [4.69, 9.17) is 0 Å². The van der Waals surface area contributed by atoms with Gasteiger partial charge in [0, 0.05) is 30.5 Å². The molecular formula is C30H21N3O. The van der Waals surface area contributed by atoms with Crippen molar-refractivity contribution in [3.8, 4) is 44.5 Å². The van der Waals surface area contributed by atoms with Crippen molar-refractivity contribution in [2.75, 3.05) is 11.4 Å². The molecular weight excluding hydrogens is 418 g/mol. The lowest BCUT2D eigenvalue weighted by molar-refractivity contribution is -0.109. The predicted octanol–water partition coefficient (Wildman–Crippen LogP) is 6.49. The minimum Gasteiger partial charge on any atom is -0.301 e. The number of pyridine rings is 2. The van der Waals surface area contributed by atoms with E-state index in [0.717, 1.165) is 50.2 Å². The van der Waals surface area contributed by atoms with E-state index >= 15 is 0 Å². The first-order chi connectivity index (χ1) is 16.7. The molecule has 1 aliphatic rings. The minimum atomic E-state index is 0.157. The van der Waals surface area contributed by atoms with E-state index in [2.05, 4.69) is 76.7 Å². The predicted molar refractivity (Wildman–Crippen MR) is 136 cm³/mol. The Morgan fingerprint density at radius 2 is 0.794 bits per heavy atom. The Labute approximate surface area is 198 Å². The molecule has 34 heavy (non-hydrogen) atoms. The summed E-state index contributed by atoms with van der Waals surface area (Å²) in [7, 11) is 0. The van der Waals surface area contributed by atoms with Crippen molar-refractivity contribution >= 4 is 11.6 Å². The number of carbonyl (C=O) groups is 1. The molecule has 0 spiro atoms. The Hall–Kier alpha value is -4.57. The van der Waals surface area contributed by atoms with Crippen LogP contribution in [0.5, 0.6) is 0 Å². The molecule has 1 aliphatic heterocycles. The van der Waals surface area contributed by atoms with Gasteiger partial charge < -0.3 is 4.90 Å². The number of aromatic nitrogens is 2. The van der Waals surface area contributed by atoms with Crippen LogP contribution in [-0.2, 0) is 4.79 Å². The molecule has 0 radical (unpaired) electrons. The van der Waals surface area contributed by atoms with E-state index in [-0.39, 0.29) is 5.91 Å². The standard InChI is InChI=1S/C30H21N3O/c34-30-20-33(30)29-18-27(23-5-1-21(2-6-23)25-9-13-31-14-10-25)17-28(19-29)24-7-3-22(4-8-24)26-11-15-32-16-12-26/h1-19H,20H2. The van der Waals surface area contributed by atoms with Gasteiger partial charge in [-0.2, -0.15) is 0 Å². The highest BCUT2D eigenvalue weighted by atomic mass is 16.2. The second-order valence-corrected chi connectivity index (χ2v) is 8.37. The summed E-state index contributed by atoms with van der Waals surface area (Å²) < 4.78 is 0. The number of carbonyl (C=O) groups excluding carboxylic acids is 1. The molecule has 0 aliphatic carbocycles. The van der Waals surface area contributed by atoms with Crippen LogP contribution >= 0.6 is 0 Å². The molecule has 3 heterocycles. The van der Waals surface area contributed by atoms with Crippen LogP contribution in [0.25, 0.3) is 44.5 Å². The molecule has 162 valence electrons. The fourth-order valence-electron chi connectivity index (χ4n) is 4.23. The number of anilines is 1. The van der Waals surface area contributed by atoms with Gasteiger partial charge in [0.15, 0.2) is 0 Å². The Bertz CT molecular complexity index is 1360. The molecule has 1 saturated heterocycles. The van der Waals surface area contributed by atoms with Crippen LogP contribution in [0.3, 0.4) is 0 Å². The van der Waals surface area contributed by atoms with Gasteiger partial charge in [-0.05, 0) is 87.0 Å². The normalized spacial score (nSPS) is 12.6. The van der Waals surface area contributed by atoms with E-state index < -0.39 is 0 Å². The molecule has 2 aromatic heterocycles. The van der Waals surface area contributed by atoms with Crippen molar-refractivity contribution in [3.05, 3.63) is 116 Å². The number of rotatable bonds is 5. The maximum atomic E-state index is 11.9. The number of hydrogen-bond donors (Lipinski definition) is 0. The number of nitrogens with zero attached hydrogens (tertiary/aromatic N) is 3. The molecule has 4 heteroatoms. The van der Waals surface area contributed by atoms with Crippen LogP contribution < -0.4 is 4.90 Å². The summed E-state index contributed by atoms with van der Waals surface area (Å²) in [6.45, 7) is 0.477. The molecule has 0 bridgehead atoms. The largest absolute Gasteiger partial charge is 0.301 e. The zero-order valence-corrected chi connectivity index (χ0v) is 18.4. The number of amides is 1. The average Bonchev–Trinajstić information content (AvgIpc) is 3.66. The third kappa shape index (κ3) is 3.97. The van der Waals surface area contributed by atoms with Crippen molar-refractivity contribution in [3.63, 3.8) is 0 Å². The zero-order chi connectivity index (χ0) is 22.9. The maximum Gasteiger partial charge on any atom is 0.247 e. The Morgan fingerprint density at radius 1 is 0.471 bits per heavy atom.